The summed E-state index contributed by atoms with van der Waals surface area (Å²) in [7, 11) is 0. The molecule has 7 heteroatoms. The number of benzene rings is 1. The van der Waals surface area contributed by atoms with Crippen LogP contribution in [0, 0.1) is 0 Å². The fraction of sp³-hybridized carbons (Fsp3) is 0.312. The number of hydrogen-bond acceptors (Lipinski definition) is 5. The maximum absolute atomic E-state index is 4.83. The summed E-state index contributed by atoms with van der Waals surface area (Å²) in [6.45, 7) is 5.05. The van der Waals surface area contributed by atoms with Gasteiger partial charge in [0.15, 0.2) is 11.5 Å². The number of nitrogens with zero attached hydrogens (tertiary/aromatic N) is 5. The van der Waals surface area contributed by atoms with Gasteiger partial charge in [0, 0.05) is 31.9 Å². The normalized spacial score (nSPS) is 18.0. The first kappa shape index (κ1) is 15.7. The molecule has 0 aliphatic carbocycles. The highest BCUT2D eigenvalue weighted by molar-refractivity contribution is 5.88. The van der Waals surface area contributed by atoms with Crippen LogP contribution in [-0.2, 0) is 0 Å². The van der Waals surface area contributed by atoms with Crippen LogP contribution in [0.4, 0.5) is 5.82 Å². The summed E-state index contributed by atoms with van der Waals surface area (Å²) in [6, 6.07) is 10.6. The molecule has 0 radical (unpaired) electrons. The summed E-state index contributed by atoms with van der Waals surface area (Å²) in [5.74, 6) is 0.966. The molecule has 120 valence electrons. The van der Waals surface area contributed by atoms with Gasteiger partial charge in [0.1, 0.15) is 6.33 Å². The summed E-state index contributed by atoms with van der Waals surface area (Å²) in [6.07, 6.45) is 3.43. The number of anilines is 1. The minimum Gasteiger partial charge on any atom is -0.352 e. The fourth-order valence-corrected chi connectivity index (χ4v) is 2.95. The summed E-state index contributed by atoms with van der Waals surface area (Å²) in [5, 5.41) is 9.29. The van der Waals surface area contributed by atoms with E-state index in [0.717, 1.165) is 42.2 Å². The first-order valence-electron chi connectivity index (χ1n) is 7.55. The van der Waals surface area contributed by atoms with E-state index >= 15 is 0 Å². The Hall–Kier alpha value is -2.18. The van der Waals surface area contributed by atoms with Crippen LogP contribution in [0.1, 0.15) is 6.92 Å². The van der Waals surface area contributed by atoms with Gasteiger partial charge in [0.2, 0.25) is 0 Å². The number of para-hydroxylation sites is 1. The SMILES string of the molecule is CC1CN(c2nn(-c3ccccc3)c3ncncc23)CCN1.Cl. The van der Waals surface area contributed by atoms with Crippen molar-refractivity contribution < 1.29 is 0 Å². The summed E-state index contributed by atoms with van der Waals surface area (Å²) < 4.78 is 1.90. The standard InChI is InChI=1S/C16H18N6.ClH/c1-12-10-21(8-7-18-12)16-14-9-17-11-19-15(14)22(20-16)13-5-3-2-4-6-13;/h2-6,9,11-12,18H,7-8,10H2,1H3;1H. The van der Waals surface area contributed by atoms with E-state index in [9.17, 15) is 0 Å². The predicted molar refractivity (Wildman–Crippen MR) is 93.6 cm³/mol. The van der Waals surface area contributed by atoms with Gasteiger partial charge in [0.05, 0.1) is 11.1 Å². The molecule has 23 heavy (non-hydrogen) atoms. The summed E-state index contributed by atoms with van der Waals surface area (Å²) in [4.78, 5) is 10.9. The highest BCUT2D eigenvalue weighted by atomic mass is 35.5. The van der Waals surface area contributed by atoms with E-state index < -0.39 is 0 Å². The molecule has 1 saturated heterocycles. The van der Waals surface area contributed by atoms with E-state index in [1.165, 1.54) is 0 Å². The third kappa shape index (κ3) is 2.87. The van der Waals surface area contributed by atoms with E-state index in [1.54, 1.807) is 6.33 Å². The van der Waals surface area contributed by atoms with Crippen molar-refractivity contribution in [1.29, 1.82) is 0 Å². The second-order valence-corrected chi connectivity index (χ2v) is 5.63. The zero-order valence-corrected chi connectivity index (χ0v) is 13.7. The molecule has 1 N–H and O–H groups in total. The lowest BCUT2D eigenvalue weighted by atomic mass is 10.2. The first-order chi connectivity index (χ1) is 10.8. The second kappa shape index (κ2) is 6.52. The third-order valence-corrected chi connectivity index (χ3v) is 4.00. The van der Waals surface area contributed by atoms with Crippen LogP contribution in [0.2, 0.25) is 0 Å². The largest absolute Gasteiger partial charge is 0.352 e. The van der Waals surface area contributed by atoms with Gasteiger partial charge in [-0.15, -0.1) is 17.5 Å². The molecular weight excluding hydrogens is 312 g/mol. The Labute approximate surface area is 140 Å². The molecule has 1 aliphatic rings. The molecule has 6 nitrogen and oxygen atoms in total. The van der Waals surface area contributed by atoms with Gasteiger partial charge in [-0.05, 0) is 19.1 Å². The molecule has 1 atom stereocenters. The number of rotatable bonds is 2. The number of halogens is 1. The van der Waals surface area contributed by atoms with Crippen molar-refractivity contribution in [2.24, 2.45) is 0 Å². The van der Waals surface area contributed by atoms with Gasteiger partial charge in [-0.2, -0.15) is 0 Å². The van der Waals surface area contributed by atoms with Crippen LogP contribution in [0.5, 0.6) is 0 Å². The lowest BCUT2D eigenvalue weighted by molar-refractivity contribution is 0.482. The average molecular weight is 331 g/mol. The Bertz CT molecular complexity index is 788. The monoisotopic (exact) mass is 330 g/mol. The lowest BCUT2D eigenvalue weighted by Gasteiger charge is -2.32. The second-order valence-electron chi connectivity index (χ2n) is 5.63. The molecule has 0 saturated carbocycles. The molecule has 3 heterocycles. The number of hydrogen-bond donors (Lipinski definition) is 1. The average Bonchev–Trinajstić information content (AvgIpc) is 2.95. The van der Waals surface area contributed by atoms with E-state index in [2.05, 4.69) is 27.1 Å². The fourth-order valence-electron chi connectivity index (χ4n) is 2.95. The molecule has 0 amide bonds. The van der Waals surface area contributed by atoms with E-state index in [1.807, 2.05) is 41.2 Å². The third-order valence-electron chi connectivity index (χ3n) is 4.00. The van der Waals surface area contributed by atoms with Crippen molar-refractivity contribution in [2.45, 2.75) is 13.0 Å². The minimum absolute atomic E-state index is 0. The van der Waals surface area contributed by atoms with Crippen molar-refractivity contribution in [1.82, 2.24) is 25.1 Å². The summed E-state index contributed by atoms with van der Waals surface area (Å²) >= 11 is 0. The molecule has 4 rings (SSSR count). The Morgan fingerprint density at radius 1 is 1.22 bits per heavy atom. The molecule has 0 bridgehead atoms. The van der Waals surface area contributed by atoms with E-state index in [0.29, 0.717) is 6.04 Å². The number of nitrogens with one attached hydrogen (secondary N) is 1. The van der Waals surface area contributed by atoms with Crippen LogP contribution in [0.15, 0.2) is 42.9 Å². The van der Waals surface area contributed by atoms with Crippen LogP contribution in [0.3, 0.4) is 0 Å². The molecule has 2 aromatic heterocycles. The molecule has 1 unspecified atom stereocenters. The first-order valence-corrected chi connectivity index (χ1v) is 7.55. The number of fused-ring (bicyclic) bond motifs is 1. The van der Waals surface area contributed by atoms with Gasteiger partial charge in [-0.3, -0.25) is 0 Å². The van der Waals surface area contributed by atoms with Gasteiger partial charge in [-0.1, -0.05) is 18.2 Å². The molecule has 1 aromatic carbocycles. The Morgan fingerprint density at radius 2 is 2.04 bits per heavy atom. The lowest BCUT2D eigenvalue weighted by Crippen LogP contribution is -2.49. The van der Waals surface area contributed by atoms with Crippen molar-refractivity contribution in [2.75, 3.05) is 24.5 Å². The maximum Gasteiger partial charge on any atom is 0.168 e. The quantitative estimate of drug-likeness (QED) is 0.779. The zero-order chi connectivity index (χ0) is 14.9. The van der Waals surface area contributed by atoms with Gasteiger partial charge in [0.25, 0.3) is 0 Å². The summed E-state index contributed by atoms with van der Waals surface area (Å²) in [5.41, 5.74) is 1.86. The van der Waals surface area contributed by atoms with Crippen LogP contribution in [-0.4, -0.2) is 45.4 Å². The zero-order valence-electron chi connectivity index (χ0n) is 12.9. The molecule has 0 spiro atoms. The van der Waals surface area contributed by atoms with Crippen molar-refractivity contribution in [3.05, 3.63) is 42.9 Å². The minimum atomic E-state index is 0. The highest BCUT2D eigenvalue weighted by Crippen LogP contribution is 2.27. The van der Waals surface area contributed by atoms with Gasteiger partial charge in [-0.25, -0.2) is 14.6 Å². The van der Waals surface area contributed by atoms with Crippen LogP contribution >= 0.6 is 12.4 Å². The molecule has 3 aromatic rings. The van der Waals surface area contributed by atoms with E-state index in [-0.39, 0.29) is 12.4 Å². The topological polar surface area (TPSA) is 58.9 Å². The smallest absolute Gasteiger partial charge is 0.168 e. The molecular formula is C16H19ClN6. The van der Waals surface area contributed by atoms with Crippen LogP contribution < -0.4 is 10.2 Å². The number of aromatic nitrogens is 4. The maximum atomic E-state index is 4.83. The Balaban J connectivity index is 0.00000156. The molecule has 1 fully saturated rings. The van der Waals surface area contributed by atoms with Crippen LogP contribution in [0.25, 0.3) is 16.7 Å². The van der Waals surface area contributed by atoms with Gasteiger partial charge >= 0.3 is 0 Å². The van der Waals surface area contributed by atoms with Crippen molar-refractivity contribution in [3.8, 4) is 5.69 Å². The Morgan fingerprint density at radius 3 is 2.83 bits per heavy atom. The van der Waals surface area contributed by atoms with Crippen molar-refractivity contribution >= 4 is 29.3 Å². The number of piperazine rings is 1. The predicted octanol–water partition coefficient (Wildman–Crippen LogP) is 2.04. The molecule has 1 aliphatic heterocycles. The van der Waals surface area contributed by atoms with Gasteiger partial charge < -0.3 is 10.2 Å². The Kier molecular flexibility index (Phi) is 4.45. The van der Waals surface area contributed by atoms with Crippen molar-refractivity contribution in [3.63, 3.8) is 0 Å². The van der Waals surface area contributed by atoms with E-state index in [4.69, 9.17) is 5.10 Å². The highest BCUT2D eigenvalue weighted by Gasteiger charge is 2.22.